The largest absolute Gasteiger partial charge is 0.400 e. The Morgan fingerprint density at radius 2 is 1.92 bits per heavy atom. The van der Waals surface area contributed by atoms with E-state index in [9.17, 15) is 21.6 Å². The first-order chi connectivity index (χ1) is 5.23. The minimum atomic E-state index is -5.69. The van der Waals surface area contributed by atoms with Crippen LogP contribution in [-0.4, -0.2) is 30.3 Å². The van der Waals surface area contributed by atoms with Gasteiger partial charge in [0.15, 0.2) is 6.17 Å². The third-order valence-corrected chi connectivity index (χ3v) is 2.23. The van der Waals surface area contributed by atoms with Gasteiger partial charge in [0, 0.05) is 5.88 Å². The van der Waals surface area contributed by atoms with Crippen LogP contribution in [0.3, 0.4) is 0 Å². The van der Waals surface area contributed by atoms with E-state index in [0.717, 1.165) is 0 Å². The minimum Gasteiger partial charge on any atom is -0.281 e. The molecule has 0 radical (unpaired) electrons. The van der Waals surface area contributed by atoms with E-state index in [1.807, 2.05) is 0 Å². The van der Waals surface area contributed by atoms with Gasteiger partial charge in [-0.05, 0) is 6.42 Å². The topological polar surface area (TPSA) is 54.4 Å². The molecule has 12 heavy (non-hydrogen) atoms. The summed E-state index contributed by atoms with van der Waals surface area (Å²) in [5, 5.41) is -4.78. The second-order valence-corrected chi connectivity index (χ2v) is 3.85. The zero-order chi connectivity index (χ0) is 9.99. The Morgan fingerprint density at radius 3 is 2.17 bits per heavy atom. The van der Waals surface area contributed by atoms with Gasteiger partial charge in [-0.15, -0.1) is 11.6 Å². The smallest absolute Gasteiger partial charge is 0.281 e. The average Bonchev–Trinajstić information content (AvgIpc) is 1.85. The number of hydrogen-bond donors (Lipinski definition) is 1. The van der Waals surface area contributed by atoms with Crippen LogP contribution in [0.4, 0.5) is 13.2 Å². The highest BCUT2D eigenvalue weighted by atomic mass is 35.5. The van der Waals surface area contributed by atoms with Gasteiger partial charge in [0.25, 0.3) is 0 Å². The van der Waals surface area contributed by atoms with Crippen LogP contribution in [0.2, 0.25) is 0 Å². The van der Waals surface area contributed by atoms with Crippen molar-refractivity contribution in [2.75, 3.05) is 5.88 Å². The summed E-state index contributed by atoms with van der Waals surface area (Å²) in [5.74, 6) is -0.452. The lowest BCUT2D eigenvalue weighted by molar-refractivity contribution is -0.00350. The number of rotatable bonds is 4. The molecule has 0 fully saturated rings. The molecule has 0 aliphatic heterocycles. The molecule has 0 heterocycles. The van der Waals surface area contributed by atoms with Crippen molar-refractivity contribution in [2.45, 2.75) is 17.8 Å². The van der Waals surface area contributed by atoms with Crippen molar-refractivity contribution in [2.24, 2.45) is 0 Å². The maximum atomic E-state index is 12.3. The molecule has 0 saturated carbocycles. The quantitative estimate of drug-likeness (QED) is 0.583. The van der Waals surface area contributed by atoms with Crippen molar-refractivity contribution < 1.29 is 26.1 Å². The second-order valence-electron chi connectivity index (χ2n) is 1.98. The fraction of sp³-hybridized carbons (Fsp3) is 1.00. The van der Waals surface area contributed by atoms with Crippen molar-refractivity contribution in [3.8, 4) is 0 Å². The average molecular weight is 227 g/mol. The van der Waals surface area contributed by atoms with Crippen molar-refractivity contribution in [3.63, 3.8) is 0 Å². The monoisotopic (exact) mass is 226 g/mol. The second kappa shape index (κ2) is 3.80. The summed E-state index contributed by atoms with van der Waals surface area (Å²) in [5.41, 5.74) is 0. The standard InChI is InChI=1S/C4H6ClF3O3S/c5-2-1-3(6)4(7,8)12(9,10)11/h3H,1-2H2,(H,9,10,11). The fourth-order valence-corrected chi connectivity index (χ4v) is 1.06. The van der Waals surface area contributed by atoms with Crippen LogP contribution in [0, 0.1) is 0 Å². The molecule has 0 saturated heterocycles. The van der Waals surface area contributed by atoms with Crippen LogP contribution in [0.15, 0.2) is 0 Å². The van der Waals surface area contributed by atoms with Crippen molar-refractivity contribution >= 4 is 21.7 Å². The van der Waals surface area contributed by atoms with E-state index in [1.165, 1.54) is 0 Å². The Balaban J connectivity index is 4.62. The third kappa shape index (κ3) is 2.49. The van der Waals surface area contributed by atoms with Crippen LogP contribution < -0.4 is 0 Å². The molecule has 1 unspecified atom stereocenters. The van der Waals surface area contributed by atoms with Gasteiger partial charge < -0.3 is 0 Å². The van der Waals surface area contributed by atoms with Gasteiger partial charge >= 0.3 is 15.4 Å². The summed E-state index contributed by atoms with van der Waals surface area (Å²) in [4.78, 5) is 0. The highest BCUT2D eigenvalue weighted by Gasteiger charge is 2.52. The highest BCUT2D eigenvalue weighted by molar-refractivity contribution is 7.86. The molecule has 3 nitrogen and oxygen atoms in total. The van der Waals surface area contributed by atoms with E-state index >= 15 is 0 Å². The van der Waals surface area contributed by atoms with Gasteiger partial charge in [-0.2, -0.15) is 17.2 Å². The first-order valence-corrected chi connectivity index (χ1v) is 4.75. The summed E-state index contributed by atoms with van der Waals surface area (Å²) in [6, 6.07) is 0. The molecular formula is C4H6ClF3O3S. The lowest BCUT2D eigenvalue weighted by Gasteiger charge is -2.15. The Morgan fingerprint density at radius 1 is 1.50 bits per heavy atom. The van der Waals surface area contributed by atoms with E-state index in [2.05, 4.69) is 0 Å². The van der Waals surface area contributed by atoms with Gasteiger partial charge in [-0.1, -0.05) is 0 Å². The predicted molar refractivity (Wildman–Crippen MR) is 36.7 cm³/mol. The Labute approximate surface area is 72.3 Å². The lowest BCUT2D eigenvalue weighted by Crippen LogP contribution is -2.38. The van der Waals surface area contributed by atoms with Crippen molar-refractivity contribution in [1.82, 2.24) is 0 Å². The minimum absolute atomic E-state index is 0.452. The molecule has 0 bridgehead atoms. The van der Waals surface area contributed by atoms with Gasteiger partial charge in [-0.3, -0.25) is 4.55 Å². The summed E-state index contributed by atoms with van der Waals surface area (Å²) >= 11 is 4.90. The SMILES string of the molecule is O=S(=O)(O)C(F)(F)C(F)CCCl. The third-order valence-electron chi connectivity index (χ3n) is 1.07. The van der Waals surface area contributed by atoms with Gasteiger partial charge in [0.05, 0.1) is 0 Å². The molecule has 0 aromatic rings. The van der Waals surface area contributed by atoms with Crippen molar-refractivity contribution in [3.05, 3.63) is 0 Å². The summed E-state index contributed by atoms with van der Waals surface area (Å²) in [6.07, 6.45) is -3.82. The molecule has 74 valence electrons. The zero-order valence-corrected chi connectivity index (χ0v) is 7.25. The lowest BCUT2D eigenvalue weighted by atomic mass is 10.3. The fourth-order valence-electron chi connectivity index (χ4n) is 0.425. The first kappa shape index (κ1) is 12.0. The number of hydrogen-bond acceptors (Lipinski definition) is 2. The summed E-state index contributed by atoms with van der Waals surface area (Å²) in [7, 11) is -5.69. The van der Waals surface area contributed by atoms with Crippen molar-refractivity contribution in [1.29, 1.82) is 0 Å². The van der Waals surface area contributed by atoms with Gasteiger partial charge in [0.1, 0.15) is 0 Å². The van der Waals surface area contributed by atoms with Crippen LogP contribution in [0.1, 0.15) is 6.42 Å². The van der Waals surface area contributed by atoms with Crippen LogP contribution in [0.25, 0.3) is 0 Å². The number of halogens is 4. The molecule has 0 aromatic carbocycles. The number of alkyl halides is 4. The van der Waals surface area contributed by atoms with E-state index in [-0.39, 0.29) is 0 Å². The van der Waals surface area contributed by atoms with Crippen LogP contribution in [0.5, 0.6) is 0 Å². The Kier molecular flexibility index (Phi) is 3.80. The Bertz CT molecular complexity index is 240. The van der Waals surface area contributed by atoms with Gasteiger partial charge in [-0.25, -0.2) is 4.39 Å². The summed E-state index contributed by atoms with van der Waals surface area (Å²) in [6.45, 7) is 0. The molecular weight excluding hydrogens is 221 g/mol. The molecule has 0 rings (SSSR count). The van der Waals surface area contributed by atoms with Crippen LogP contribution >= 0.6 is 11.6 Å². The molecule has 0 aromatic heterocycles. The molecule has 0 amide bonds. The molecule has 0 aliphatic carbocycles. The summed E-state index contributed by atoms with van der Waals surface area (Å²) < 4.78 is 64.4. The normalized spacial score (nSPS) is 16.1. The van der Waals surface area contributed by atoms with Crippen LogP contribution in [-0.2, 0) is 10.1 Å². The zero-order valence-electron chi connectivity index (χ0n) is 5.68. The van der Waals surface area contributed by atoms with E-state index in [1.54, 1.807) is 0 Å². The molecule has 1 N–H and O–H groups in total. The van der Waals surface area contributed by atoms with E-state index in [4.69, 9.17) is 16.2 Å². The molecule has 0 spiro atoms. The Hall–Kier alpha value is -0.0100. The predicted octanol–water partition coefficient (Wildman–Crippen LogP) is 1.43. The maximum absolute atomic E-state index is 12.3. The van der Waals surface area contributed by atoms with E-state index < -0.39 is 33.8 Å². The molecule has 1 atom stereocenters. The van der Waals surface area contributed by atoms with E-state index in [0.29, 0.717) is 0 Å². The first-order valence-electron chi connectivity index (χ1n) is 2.78. The molecule has 0 aliphatic rings. The highest BCUT2D eigenvalue weighted by Crippen LogP contribution is 2.29. The van der Waals surface area contributed by atoms with Gasteiger partial charge in [0.2, 0.25) is 0 Å². The maximum Gasteiger partial charge on any atom is 0.400 e. The molecule has 8 heteroatoms.